The number of carbonyl (C=O) groups excluding carboxylic acids is 1. The van der Waals surface area contributed by atoms with Crippen LogP contribution in [0.2, 0.25) is 0 Å². The van der Waals surface area contributed by atoms with Crippen molar-refractivity contribution >= 4 is 23.2 Å². The van der Waals surface area contributed by atoms with Crippen LogP contribution in [0, 0.1) is 5.92 Å². The summed E-state index contributed by atoms with van der Waals surface area (Å²) in [5, 5.41) is 8.93. The topological polar surface area (TPSA) is 82.8 Å². The molecule has 3 rings (SSSR count). The van der Waals surface area contributed by atoms with E-state index in [0.29, 0.717) is 12.5 Å². The summed E-state index contributed by atoms with van der Waals surface area (Å²) in [5.41, 5.74) is 7.96. The molecule has 2 heterocycles. The second-order valence-electron chi connectivity index (χ2n) is 8.29. The quantitative estimate of drug-likeness (QED) is 0.412. The molecule has 1 aliphatic rings. The largest absolute Gasteiger partial charge is 0.369 e. The molecular weight excluding hydrogens is 406 g/mol. The van der Waals surface area contributed by atoms with Crippen molar-refractivity contribution in [3.8, 4) is 0 Å². The number of nitrogens with one attached hydrogen (secondary N) is 2. The molecule has 7 heteroatoms. The van der Waals surface area contributed by atoms with Crippen LogP contribution in [0.4, 0.5) is 0 Å². The van der Waals surface area contributed by atoms with E-state index in [1.807, 2.05) is 0 Å². The maximum Gasteiger partial charge on any atom is 0.221 e. The van der Waals surface area contributed by atoms with Gasteiger partial charge >= 0.3 is 0 Å². The van der Waals surface area contributed by atoms with E-state index in [2.05, 4.69) is 71.2 Å². The Morgan fingerprint density at radius 1 is 1.29 bits per heavy atom. The van der Waals surface area contributed by atoms with Gasteiger partial charge in [0.05, 0.1) is 12.5 Å². The molecule has 1 aromatic heterocycles. The minimum Gasteiger partial charge on any atom is -0.369 e. The number of carbonyl (C=O) groups is 1. The van der Waals surface area contributed by atoms with Crippen molar-refractivity contribution in [2.75, 3.05) is 26.2 Å². The van der Waals surface area contributed by atoms with E-state index >= 15 is 0 Å². The zero-order chi connectivity index (χ0) is 22.1. The van der Waals surface area contributed by atoms with Crippen LogP contribution < -0.4 is 16.4 Å². The maximum atomic E-state index is 11.5. The first kappa shape index (κ1) is 23.3. The molecule has 2 unspecified atom stereocenters. The van der Waals surface area contributed by atoms with E-state index in [9.17, 15) is 4.79 Å². The molecule has 31 heavy (non-hydrogen) atoms. The van der Waals surface area contributed by atoms with E-state index in [4.69, 9.17) is 10.7 Å². The summed E-state index contributed by atoms with van der Waals surface area (Å²) in [7, 11) is 0. The second-order valence-corrected chi connectivity index (χ2v) is 9.27. The van der Waals surface area contributed by atoms with Crippen molar-refractivity contribution in [3.63, 3.8) is 0 Å². The molecule has 0 bridgehead atoms. The van der Waals surface area contributed by atoms with Gasteiger partial charge in [-0.2, -0.15) is 0 Å². The molecule has 6 nitrogen and oxygen atoms in total. The lowest BCUT2D eigenvalue weighted by Crippen LogP contribution is -2.40. The lowest BCUT2D eigenvalue weighted by atomic mass is 9.97. The number of nitrogens with zero attached hydrogens (tertiary/aromatic N) is 2. The Labute approximate surface area is 189 Å². The van der Waals surface area contributed by atoms with Crippen LogP contribution >= 0.6 is 11.3 Å². The average Bonchev–Trinajstić information content (AvgIpc) is 3.31. The third-order valence-corrected chi connectivity index (χ3v) is 6.78. The molecular formula is C24H35N5OS. The van der Waals surface area contributed by atoms with Gasteiger partial charge in [-0.3, -0.25) is 9.69 Å². The number of guanidine groups is 1. The molecule has 168 valence electrons. The number of rotatable bonds is 9. The summed E-state index contributed by atoms with van der Waals surface area (Å²) in [6.45, 7) is 9.24. The normalized spacial score (nSPS) is 18.5. The summed E-state index contributed by atoms with van der Waals surface area (Å²) in [4.78, 5) is 20.0. The highest BCUT2D eigenvalue weighted by molar-refractivity contribution is 7.10. The number of likely N-dealkylation sites (tertiary alicyclic amines) is 1. The van der Waals surface area contributed by atoms with Crippen molar-refractivity contribution in [1.29, 1.82) is 0 Å². The molecule has 2 atom stereocenters. The Balaban J connectivity index is 1.56. The van der Waals surface area contributed by atoms with Gasteiger partial charge in [0.25, 0.3) is 0 Å². The van der Waals surface area contributed by atoms with Crippen LogP contribution in [0.5, 0.6) is 0 Å². The van der Waals surface area contributed by atoms with Crippen LogP contribution in [-0.2, 0) is 17.9 Å². The number of amides is 1. The van der Waals surface area contributed by atoms with Gasteiger partial charge in [0, 0.05) is 37.0 Å². The molecule has 1 amide bonds. The molecule has 2 aromatic rings. The third-order valence-electron chi connectivity index (χ3n) is 5.67. The number of benzene rings is 1. The van der Waals surface area contributed by atoms with Gasteiger partial charge in [-0.05, 0) is 48.9 Å². The molecule has 0 aliphatic carbocycles. The fourth-order valence-electron chi connectivity index (χ4n) is 3.95. The van der Waals surface area contributed by atoms with Gasteiger partial charge in [-0.25, -0.2) is 4.99 Å². The number of hydrogen-bond acceptors (Lipinski definition) is 4. The van der Waals surface area contributed by atoms with Gasteiger partial charge in [-0.15, -0.1) is 11.3 Å². The summed E-state index contributed by atoms with van der Waals surface area (Å²) in [5.74, 6) is 1.09. The number of aliphatic imine (C=N–C) groups is 1. The van der Waals surface area contributed by atoms with E-state index in [0.717, 1.165) is 51.5 Å². The predicted octanol–water partition coefficient (Wildman–Crippen LogP) is 3.30. The monoisotopic (exact) mass is 441 g/mol. The standard InChI is InChI=1S/C24H35N5OS/c1-3-26-24(27-14-18(2)22-10-6-12-31-22)28-15-19-7-4-8-20(13-19)16-29-11-5-9-21(17-29)23(25)30/h4,6-8,10,12-13,18,21H,3,5,9,11,14-17H2,1-2H3,(H2,25,30)(H2,26,27,28). The Morgan fingerprint density at radius 2 is 2.13 bits per heavy atom. The number of piperidine rings is 1. The van der Waals surface area contributed by atoms with Crippen LogP contribution in [0.1, 0.15) is 48.6 Å². The smallest absolute Gasteiger partial charge is 0.221 e. The minimum atomic E-state index is -0.176. The lowest BCUT2D eigenvalue weighted by molar-refractivity contribution is -0.123. The van der Waals surface area contributed by atoms with Gasteiger partial charge < -0.3 is 16.4 Å². The van der Waals surface area contributed by atoms with E-state index < -0.39 is 0 Å². The van der Waals surface area contributed by atoms with Crippen molar-refractivity contribution in [2.24, 2.45) is 16.6 Å². The number of hydrogen-bond donors (Lipinski definition) is 3. The van der Waals surface area contributed by atoms with Crippen LogP contribution in [0.3, 0.4) is 0 Å². The van der Waals surface area contributed by atoms with Crippen molar-refractivity contribution in [2.45, 2.75) is 45.7 Å². The average molecular weight is 442 g/mol. The summed E-state index contributed by atoms with van der Waals surface area (Å²) in [6.07, 6.45) is 1.94. The van der Waals surface area contributed by atoms with Crippen LogP contribution in [0.15, 0.2) is 46.8 Å². The highest BCUT2D eigenvalue weighted by Gasteiger charge is 2.23. The zero-order valence-electron chi connectivity index (χ0n) is 18.6. The predicted molar refractivity (Wildman–Crippen MR) is 129 cm³/mol. The van der Waals surface area contributed by atoms with Gasteiger partial charge in [0.15, 0.2) is 5.96 Å². The van der Waals surface area contributed by atoms with Crippen molar-refractivity contribution < 1.29 is 4.79 Å². The molecule has 0 saturated carbocycles. The van der Waals surface area contributed by atoms with Crippen molar-refractivity contribution in [1.82, 2.24) is 15.5 Å². The van der Waals surface area contributed by atoms with Crippen LogP contribution in [0.25, 0.3) is 0 Å². The Bertz CT molecular complexity index is 851. The van der Waals surface area contributed by atoms with E-state index in [1.165, 1.54) is 16.0 Å². The van der Waals surface area contributed by atoms with Crippen molar-refractivity contribution in [3.05, 3.63) is 57.8 Å². The molecule has 0 spiro atoms. The van der Waals surface area contributed by atoms with Gasteiger partial charge in [0.2, 0.25) is 5.91 Å². The van der Waals surface area contributed by atoms with Crippen LogP contribution in [-0.4, -0.2) is 42.9 Å². The molecule has 1 fully saturated rings. The second kappa shape index (κ2) is 11.9. The zero-order valence-corrected chi connectivity index (χ0v) is 19.5. The fourth-order valence-corrected chi connectivity index (χ4v) is 4.74. The molecule has 0 radical (unpaired) electrons. The highest BCUT2D eigenvalue weighted by atomic mass is 32.1. The first-order chi connectivity index (χ1) is 15.0. The van der Waals surface area contributed by atoms with Gasteiger partial charge in [0.1, 0.15) is 0 Å². The SMILES string of the molecule is CCNC(=NCc1cccc(CN2CCCC(C(N)=O)C2)c1)NCC(C)c1cccs1. The summed E-state index contributed by atoms with van der Waals surface area (Å²) in [6, 6.07) is 12.9. The number of primary amides is 1. The Kier molecular flexibility index (Phi) is 8.91. The third kappa shape index (κ3) is 7.36. The lowest BCUT2D eigenvalue weighted by Gasteiger charge is -2.31. The van der Waals surface area contributed by atoms with E-state index in [-0.39, 0.29) is 11.8 Å². The number of thiophene rings is 1. The first-order valence-electron chi connectivity index (χ1n) is 11.2. The summed E-state index contributed by atoms with van der Waals surface area (Å²) < 4.78 is 0. The number of nitrogens with two attached hydrogens (primary N) is 1. The molecule has 1 aromatic carbocycles. The maximum absolute atomic E-state index is 11.5. The van der Waals surface area contributed by atoms with Gasteiger partial charge in [-0.1, -0.05) is 37.3 Å². The molecule has 1 saturated heterocycles. The molecule has 4 N–H and O–H groups in total. The Morgan fingerprint density at radius 3 is 2.87 bits per heavy atom. The fraction of sp³-hybridized carbons (Fsp3) is 0.500. The first-order valence-corrected chi connectivity index (χ1v) is 12.1. The van der Waals surface area contributed by atoms with E-state index in [1.54, 1.807) is 11.3 Å². The summed E-state index contributed by atoms with van der Waals surface area (Å²) >= 11 is 1.79. The highest BCUT2D eigenvalue weighted by Crippen LogP contribution is 2.20. The minimum absolute atomic E-state index is 0.0214. The Hall–Kier alpha value is -2.38. The molecule has 1 aliphatic heterocycles.